The SMILES string of the molecule is CSc1ccc(OCc2ccc(C(=O)NN)s2)cc1. The fourth-order valence-electron chi connectivity index (χ4n) is 1.48. The van der Waals surface area contributed by atoms with Gasteiger partial charge in [-0.2, -0.15) is 0 Å². The topological polar surface area (TPSA) is 64.3 Å². The predicted octanol–water partition coefficient (Wildman–Crippen LogP) is 2.65. The Hall–Kier alpha value is -1.50. The van der Waals surface area contributed by atoms with Gasteiger partial charge in [-0.05, 0) is 42.7 Å². The van der Waals surface area contributed by atoms with Gasteiger partial charge in [-0.1, -0.05) is 0 Å². The lowest BCUT2D eigenvalue weighted by Crippen LogP contribution is -2.29. The van der Waals surface area contributed by atoms with Gasteiger partial charge in [-0.25, -0.2) is 5.84 Å². The first-order valence-corrected chi connectivity index (χ1v) is 7.63. The predicted molar refractivity (Wildman–Crippen MR) is 78.5 cm³/mol. The fraction of sp³-hybridized carbons (Fsp3) is 0.154. The van der Waals surface area contributed by atoms with Crippen LogP contribution in [0.5, 0.6) is 5.75 Å². The smallest absolute Gasteiger partial charge is 0.275 e. The molecule has 0 fully saturated rings. The molecule has 6 heteroatoms. The Kier molecular flexibility index (Phi) is 4.84. The quantitative estimate of drug-likeness (QED) is 0.385. The van der Waals surface area contributed by atoms with Crippen LogP contribution in [0, 0.1) is 0 Å². The maximum atomic E-state index is 11.3. The highest BCUT2D eigenvalue weighted by atomic mass is 32.2. The van der Waals surface area contributed by atoms with Gasteiger partial charge in [0.2, 0.25) is 0 Å². The van der Waals surface area contributed by atoms with E-state index in [1.807, 2.05) is 36.6 Å². The van der Waals surface area contributed by atoms with Crippen LogP contribution in [0.1, 0.15) is 14.5 Å². The highest BCUT2D eigenvalue weighted by molar-refractivity contribution is 7.98. The Morgan fingerprint density at radius 2 is 2.05 bits per heavy atom. The number of nitrogens with one attached hydrogen (secondary N) is 1. The van der Waals surface area contributed by atoms with Gasteiger partial charge in [0.15, 0.2) is 0 Å². The zero-order valence-electron chi connectivity index (χ0n) is 10.4. The van der Waals surface area contributed by atoms with Gasteiger partial charge in [-0.15, -0.1) is 23.1 Å². The summed E-state index contributed by atoms with van der Waals surface area (Å²) >= 11 is 3.06. The van der Waals surface area contributed by atoms with Gasteiger partial charge < -0.3 is 4.74 Å². The molecule has 1 aromatic carbocycles. The summed E-state index contributed by atoms with van der Waals surface area (Å²) in [6.07, 6.45) is 2.03. The van der Waals surface area contributed by atoms with E-state index in [4.69, 9.17) is 10.6 Å². The Morgan fingerprint density at radius 3 is 2.68 bits per heavy atom. The van der Waals surface area contributed by atoms with Crippen molar-refractivity contribution in [3.05, 3.63) is 46.2 Å². The molecule has 0 unspecified atom stereocenters. The monoisotopic (exact) mass is 294 g/mol. The molecule has 3 N–H and O–H groups in total. The highest BCUT2D eigenvalue weighted by Crippen LogP contribution is 2.22. The standard InChI is InChI=1S/C13H14N2O2S2/c1-18-10-4-2-9(3-5-10)17-8-11-6-7-12(19-11)13(16)15-14/h2-7H,8,14H2,1H3,(H,15,16). The zero-order chi connectivity index (χ0) is 13.7. The second-order valence-electron chi connectivity index (χ2n) is 3.70. The van der Waals surface area contributed by atoms with Crippen molar-refractivity contribution in [1.29, 1.82) is 0 Å². The first-order chi connectivity index (χ1) is 9.22. The number of carbonyl (C=O) groups is 1. The number of carbonyl (C=O) groups excluding carboxylic acids is 1. The number of nitrogens with two attached hydrogens (primary N) is 1. The van der Waals surface area contributed by atoms with Crippen LogP contribution in [-0.2, 0) is 6.61 Å². The van der Waals surface area contributed by atoms with Crippen LogP contribution in [0.4, 0.5) is 0 Å². The molecular weight excluding hydrogens is 280 g/mol. The average Bonchev–Trinajstić information content (AvgIpc) is 2.93. The fourth-order valence-corrected chi connectivity index (χ4v) is 2.71. The molecule has 0 saturated carbocycles. The molecule has 0 aliphatic heterocycles. The molecule has 0 spiro atoms. The number of rotatable bonds is 5. The third-order valence-corrected chi connectivity index (χ3v) is 4.26. The molecule has 0 aliphatic rings. The van der Waals surface area contributed by atoms with Crippen LogP contribution < -0.4 is 16.0 Å². The number of nitrogen functional groups attached to an aromatic ring is 1. The minimum absolute atomic E-state index is 0.277. The zero-order valence-corrected chi connectivity index (χ0v) is 12.0. The highest BCUT2D eigenvalue weighted by Gasteiger charge is 2.07. The van der Waals surface area contributed by atoms with Gasteiger partial charge >= 0.3 is 0 Å². The van der Waals surface area contributed by atoms with Gasteiger partial charge in [0, 0.05) is 9.77 Å². The lowest BCUT2D eigenvalue weighted by atomic mass is 10.3. The third kappa shape index (κ3) is 3.73. The maximum absolute atomic E-state index is 11.3. The van der Waals surface area contributed by atoms with E-state index < -0.39 is 0 Å². The molecule has 0 bridgehead atoms. The van der Waals surface area contributed by atoms with Gasteiger partial charge in [0.25, 0.3) is 5.91 Å². The summed E-state index contributed by atoms with van der Waals surface area (Å²) in [5, 5.41) is 0. The normalized spacial score (nSPS) is 10.2. The van der Waals surface area contributed by atoms with Crippen LogP contribution in [0.15, 0.2) is 41.3 Å². The summed E-state index contributed by atoms with van der Waals surface area (Å²) in [6, 6.07) is 11.5. The third-order valence-electron chi connectivity index (χ3n) is 2.46. The first kappa shape index (κ1) is 13.9. The Morgan fingerprint density at radius 1 is 1.32 bits per heavy atom. The van der Waals surface area contributed by atoms with E-state index >= 15 is 0 Å². The van der Waals surface area contributed by atoms with Crippen molar-refractivity contribution < 1.29 is 9.53 Å². The van der Waals surface area contributed by atoms with E-state index in [9.17, 15) is 4.79 Å². The van der Waals surface area contributed by atoms with Crippen LogP contribution in [0.2, 0.25) is 0 Å². The lowest BCUT2D eigenvalue weighted by molar-refractivity contribution is 0.0957. The van der Waals surface area contributed by atoms with Crippen LogP contribution in [-0.4, -0.2) is 12.2 Å². The van der Waals surface area contributed by atoms with Crippen molar-refractivity contribution in [3.8, 4) is 5.75 Å². The van der Waals surface area contributed by atoms with Crippen molar-refractivity contribution in [3.63, 3.8) is 0 Å². The largest absolute Gasteiger partial charge is 0.488 e. The number of amides is 1. The molecule has 0 aliphatic carbocycles. The van der Waals surface area contributed by atoms with Crippen molar-refractivity contribution in [2.45, 2.75) is 11.5 Å². The molecular formula is C13H14N2O2S2. The Labute approximate surface area is 119 Å². The molecule has 0 saturated heterocycles. The number of hydrogen-bond acceptors (Lipinski definition) is 5. The maximum Gasteiger partial charge on any atom is 0.275 e. The number of benzene rings is 1. The van der Waals surface area contributed by atoms with Crippen LogP contribution in [0.25, 0.3) is 0 Å². The molecule has 1 amide bonds. The van der Waals surface area contributed by atoms with Gasteiger partial charge in [0.1, 0.15) is 12.4 Å². The van der Waals surface area contributed by atoms with Gasteiger partial charge in [0.05, 0.1) is 4.88 Å². The summed E-state index contributed by atoms with van der Waals surface area (Å²) in [6.45, 7) is 0.446. The number of thioether (sulfide) groups is 1. The summed E-state index contributed by atoms with van der Waals surface area (Å²) < 4.78 is 5.66. The molecule has 0 radical (unpaired) electrons. The van der Waals surface area contributed by atoms with Crippen LogP contribution >= 0.6 is 23.1 Å². The Balaban J connectivity index is 1.94. The van der Waals surface area contributed by atoms with E-state index in [2.05, 4.69) is 5.43 Å². The molecule has 2 aromatic rings. The van der Waals surface area contributed by atoms with Crippen molar-refractivity contribution in [1.82, 2.24) is 5.43 Å². The molecule has 1 heterocycles. The summed E-state index contributed by atoms with van der Waals surface area (Å²) in [7, 11) is 0. The van der Waals surface area contributed by atoms with E-state index in [1.54, 1.807) is 17.8 Å². The number of ether oxygens (including phenoxy) is 1. The van der Waals surface area contributed by atoms with E-state index in [0.29, 0.717) is 11.5 Å². The molecule has 4 nitrogen and oxygen atoms in total. The second-order valence-corrected chi connectivity index (χ2v) is 5.75. The molecule has 19 heavy (non-hydrogen) atoms. The van der Waals surface area contributed by atoms with Crippen LogP contribution in [0.3, 0.4) is 0 Å². The Bertz CT molecular complexity index is 552. The molecule has 2 rings (SSSR count). The second kappa shape index (κ2) is 6.60. The lowest BCUT2D eigenvalue weighted by Gasteiger charge is -2.05. The van der Waals surface area contributed by atoms with E-state index in [1.165, 1.54) is 16.2 Å². The van der Waals surface area contributed by atoms with Crippen molar-refractivity contribution in [2.24, 2.45) is 5.84 Å². The minimum Gasteiger partial charge on any atom is -0.488 e. The van der Waals surface area contributed by atoms with E-state index in [-0.39, 0.29) is 5.91 Å². The molecule has 100 valence electrons. The minimum atomic E-state index is -0.277. The van der Waals surface area contributed by atoms with E-state index in [0.717, 1.165) is 10.6 Å². The number of hydrogen-bond donors (Lipinski definition) is 2. The molecule has 1 aromatic heterocycles. The first-order valence-electron chi connectivity index (χ1n) is 5.59. The average molecular weight is 294 g/mol. The van der Waals surface area contributed by atoms with Crippen molar-refractivity contribution >= 4 is 29.0 Å². The molecule has 0 atom stereocenters. The number of hydrazine groups is 1. The summed E-state index contributed by atoms with van der Waals surface area (Å²) in [4.78, 5) is 14.1. The summed E-state index contributed by atoms with van der Waals surface area (Å²) in [5.74, 6) is 5.62. The summed E-state index contributed by atoms with van der Waals surface area (Å²) in [5.41, 5.74) is 2.11. The number of thiophene rings is 1. The van der Waals surface area contributed by atoms with Crippen molar-refractivity contribution in [2.75, 3.05) is 6.26 Å². The van der Waals surface area contributed by atoms with Gasteiger partial charge in [-0.3, -0.25) is 10.2 Å².